The Balaban J connectivity index is 1.49. The fraction of sp³-hybridized carbons (Fsp3) is 0.278. The van der Waals surface area contributed by atoms with Crippen molar-refractivity contribution in [1.29, 1.82) is 0 Å². The van der Waals surface area contributed by atoms with E-state index in [9.17, 15) is 18.0 Å². The van der Waals surface area contributed by atoms with Gasteiger partial charge >= 0.3 is 6.18 Å². The minimum Gasteiger partial charge on any atom is -0.486 e. The van der Waals surface area contributed by atoms with E-state index in [1.54, 1.807) is 12.1 Å². The van der Waals surface area contributed by atoms with Crippen molar-refractivity contribution in [3.8, 4) is 11.5 Å². The molecule has 1 N–H and O–H groups in total. The molecule has 3 rings (SSSR count). The van der Waals surface area contributed by atoms with E-state index in [2.05, 4.69) is 5.32 Å². The number of carbonyl (C=O) groups is 1. The molecule has 0 radical (unpaired) electrons. The van der Waals surface area contributed by atoms with Crippen molar-refractivity contribution in [2.45, 2.75) is 18.7 Å². The third-order valence-electron chi connectivity index (χ3n) is 3.74. The molecule has 1 amide bonds. The van der Waals surface area contributed by atoms with Crippen LogP contribution in [0, 0.1) is 0 Å². The van der Waals surface area contributed by atoms with Crippen LogP contribution in [0.1, 0.15) is 11.1 Å². The fourth-order valence-corrected chi connectivity index (χ4v) is 2.45. The number of hydrogen-bond acceptors (Lipinski definition) is 3. The van der Waals surface area contributed by atoms with Gasteiger partial charge in [-0.15, -0.1) is 0 Å². The van der Waals surface area contributed by atoms with Gasteiger partial charge < -0.3 is 14.8 Å². The van der Waals surface area contributed by atoms with Crippen molar-refractivity contribution < 1.29 is 27.4 Å². The van der Waals surface area contributed by atoms with Crippen molar-refractivity contribution in [3.63, 3.8) is 0 Å². The quantitative estimate of drug-likeness (QED) is 0.920. The fourth-order valence-electron chi connectivity index (χ4n) is 2.45. The van der Waals surface area contributed by atoms with Crippen molar-refractivity contribution >= 4 is 5.91 Å². The van der Waals surface area contributed by atoms with Gasteiger partial charge in [-0.3, -0.25) is 4.79 Å². The van der Waals surface area contributed by atoms with Crippen LogP contribution in [0.4, 0.5) is 13.2 Å². The second-order valence-corrected chi connectivity index (χ2v) is 5.67. The van der Waals surface area contributed by atoms with E-state index in [0.29, 0.717) is 23.7 Å². The van der Waals surface area contributed by atoms with Crippen LogP contribution in [0.5, 0.6) is 11.5 Å². The molecule has 0 saturated carbocycles. The van der Waals surface area contributed by atoms with Gasteiger partial charge in [-0.2, -0.15) is 13.2 Å². The maximum Gasteiger partial charge on any atom is 0.416 e. The number of alkyl halides is 3. The molecule has 2 aromatic carbocycles. The number of nitrogens with one attached hydrogen (secondary N) is 1. The number of hydrogen-bond donors (Lipinski definition) is 1. The number of ether oxygens (including phenoxy) is 2. The lowest BCUT2D eigenvalue weighted by molar-refractivity contribution is -0.137. The topological polar surface area (TPSA) is 47.6 Å². The number of halogens is 3. The van der Waals surface area contributed by atoms with Crippen molar-refractivity contribution in [1.82, 2.24) is 5.32 Å². The Morgan fingerprint density at radius 1 is 1.08 bits per heavy atom. The summed E-state index contributed by atoms with van der Waals surface area (Å²) >= 11 is 0. The van der Waals surface area contributed by atoms with E-state index in [-0.39, 0.29) is 25.0 Å². The molecular formula is C18H16F3NO3. The molecule has 2 aromatic rings. The number of amides is 1. The summed E-state index contributed by atoms with van der Waals surface area (Å²) in [6.07, 6.45) is -4.69. The summed E-state index contributed by atoms with van der Waals surface area (Å²) in [5.74, 6) is 0.993. The van der Waals surface area contributed by atoms with Gasteiger partial charge in [0.1, 0.15) is 12.7 Å². The highest BCUT2D eigenvalue weighted by atomic mass is 19.4. The van der Waals surface area contributed by atoms with Gasteiger partial charge in [0, 0.05) is 0 Å². The lowest BCUT2D eigenvalue weighted by atomic mass is 10.1. The predicted octanol–water partition coefficient (Wildman–Crippen LogP) is 3.20. The molecule has 1 aliphatic heterocycles. The smallest absolute Gasteiger partial charge is 0.416 e. The molecular weight excluding hydrogens is 335 g/mol. The normalized spacial score (nSPS) is 16.4. The van der Waals surface area contributed by atoms with Crippen LogP contribution in [-0.2, 0) is 17.4 Å². The maximum absolute atomic E-state index is 12.5. The molecule has 0 saturated heterocycles. The Bertz CT molecular complexity index is 744. The number of para-hydroxylation sites is 2. The molecule has 1 heterocycles. The second kappa shape index (κ2) is 7.04. The van der Waals surface area contributed by atoms with Crippen molar-refractivity contribution in [3.05, 3.63) is 59.7 Å². The van der Waals surface area contributed by atoms with Gasteiger partial charge in [0.15, 0.2) is 11.5 Å². The van der Waals surface area contributed by atoms with E-state index < -0.39 is 11.7 Å². The number of fused-ring (bicyclic) bond motifs is 1. The number of benzene rings is 2. The third kappa shape index (κ3) is 4.43. The summed E-state index contributed by atoms with van der Waals surface area (Å²) in [5.41, 5.74) is -0.222. The monoisotopic (exact) mass is 351 g/mol. The predicted molar refractivity (Wildman–Crippen MR) is 84.5 cm³/mol. The molecule has 0 fully saturated rings. The van der Waals surface area contributed by atoms with E-state index in [4.69, 9.17) is 9.47 Å². The van der Waals surface area contributed by atoms with Crippen molar-refractivity contribution in [2.75, 3.05) is 13.2 Å². The zero-order chi connectivity index (χ0) is 17.9. The average Bonchev–Trinajstić information content (AvgIpc) is 2.59. The molecule has 4 nitrogen and oxygen atoms in total. The summed E-state index contributed by atoms with van der Waals surface area (Å²) in [5, 5.41) is 2.71. The zero-order valence-electron chi connectivity index (χ0n) is 13.2. The van der Waals surface area contributed by atoms with E-state index in [1.807, 2.05) is 12.1 Å². The Kier molecular flexibility index (Phi) is 4.83. The first-order valence-corrected chi connectivity index (χ1v) is 7.73. The standard InChI is InChI=1S/C18H16F3NO3/c19-18(20,21)13-7-5-12(6-8-13)9-17(23)22-10-14-11-24-15-3-1-2-4-16(15)25-14/h1-8,14H,9-11H2,(H,22,23)/t14-/m1/s1. The van der Waals surface area contributed by atoms with E-state index in [0.717, 1.165) is 12.1 Å². The summed E-state index contributed by atoms with van der Waals surface area (Å²) in [4.78, 5) is 12.0. The number of rotatable bonds is 4. The lowest BCUT2D eigenvalue weighted by Gasteiger charge is -2.26. The van der Waals surface area contributed by atoms with Crippen LogP contribution in [0.2, 0.25) is 0 Å². The van der Waals surface area contributed by atoms with Crippen LogP contribution in [0.15, 0.2) is 48.5 Å². The van der Waals surface area contributed by atoms with Gasteiger partial charge in [-0.05, 0) is 29.8 Å². The molecule has 25 heavy (non-hydrogen) atoms. The highest BCUT2D eigenvalue weighted by Gasteiger charge is 2.30. The molecule has 1 aliphatic rings. The van der Waals surface area contributed by atoms with Crippen LogP contribution in [0.25, 0.3) is 0 Å². The molecule has 0 unspecified atom stereocenters. The molecule has 0 aliphatic carbocycles. The van der Waals surface area contributed by atoms with Gasteiger partial charge in [0.05, 0.1) is 18.5 Å². The van der Waals surface area contributed by atoms with Gasteiger partial charge in [-0.25, -0.2) is 0 Å². The summed E-state index contributed by atoms with van der Waals surface area (Å²) in [7, 11) is 0. The summed E-state index contributed by atoms with van der Waals surface area (Å²) in [6, 6.07) is 11.8. The van der Waals surface area contributed by atoms with Crippen molar-refractivity contribution in [2.24, 2.45) is 0 Å². The summed E-state index contributed by atoms with van der Waals surface area (Å²) in [6.45, 7) is 0.575. The number of carbonyl (C=O) groups excluding carboxylic acids is 1. The Morgan fingerprint density at radius 3 is 2.44 bits per heavy atom. The summed E-state index contributed by atoms with van der Waals surface area (Å²) < 4.78 is 48.8. The highest BCUT2D eigenvalue weighted by molar-refractivity contribution is 5.78. The second-order valence-electron chi connectivity index (χ2n) is 5.67. The van der Waals surface area contributed by atoms with Gasteiger partial charge in [0.25, 0.3) is 0 Å². The molecule has 0 bridgehead atoms. The minimum absolute atomic E-state index is 0.00228. The van der Waals surface area contributed by atoms with E-state index in [1.165, 1.54) is 12.1 Å². The Labute approximate surface area is 142 Å². The molecule has 0 spiro atoms. The Morgan fingerprint density at radius 2 is 1.76 bits per heavy atom. The molecule has 1 atom stereocenters. The van der Waals surface area contributed by atoms with Crippen LogP contribution in [0.3, 0.4) is 0 Å². The Hall–Kier alpha value is -2.70. The molecule has 132 valence electrons. The van der Waals surface area contributed by atoms with Gasteiger partial charge in [-0.1, -0.05) is 24.3 Å². The lowest BCUT2D eigenvalue weighted by Crippen LogP contribution is -2.41. The highest BCUT2D eigenvalue weighted by Crippen LogP contribution is 2.31. The molecule has 0 aromatic heterocycles. The minimum atomic E-state index is -4.38. The first-order chi connectivity index (χ1) is 11.9. The molecule has 7 heteroatoms. The largest absolute Gasteiger partial charge is 0.486 e. The third-order valence-corrected chi connectivity index (χ3v) is 3.74. The maximum atomic E-state index is 12.5. The average molecular weight is 351 g/mol. The first-order valence-electron chi connectivity index (χ1n) is 7.73. The van der Waals surface area contributed by atoms with Crippen LogP contribution in [-0.4, -0.2) is 25.2 Å². The van der Waals surface area contributed by atoms with Gasteiger partial charge in [0.2, 0.25) is 5.91 Å². The van der Waals surface area contributed by atoms with Crippen LogP contribution < -0.4 is 14.8 Å². The van der Waals surface area contributed by atoms with Crippen LogP contribution >= 0.6 is 0 Å². The first kappa shape index (κ1) is 17.1. The van der Waals surface area contributed by atoms with E-state index >= 15 is 0 Å². The SMILES string of the molecule is O=C(Cc1ccc(C(F)(F)F)cc1)NC[C@@H]1COc2ccccc2O1. The zero-order valence-corrected chi connectivity index (χ0v) is 13.2.